The second kappa shape index (κ2) is 5.64. The molecule has 0 fully saturated rings. The average molecular weight is 297 g/mol. The summed E-state index contributed by atoms with van der Waals surface area (Å²) >= 11 is 0. The minimum atomic E-state index is -0.397. The third-order valence-electron chi connectivity index (χ3n) is 3.86. The van der Waals surface area contributed by atoms with E-state index in [1.807, 2.05) is 26.0 Å². The number of nitrogens with one attached hydrogen (secondary N) is 1. The molecule has 0 unspecified atom stereocenters. The third kappa shape index (κ3) is 2.60. The maximum atomic E-state index is 13.7. The van der Waals surface area contributed by atoms with E-state index in [1.165, 1.54) is 12.1 Å². The maximum absolute atomic E-state index is 13.7. The highest BCUT2D eigenvalue weighted by atomic mass is 19.1. The Kier molecular flexibility index (Phi) is 3.67. The van der Waals surface area contributed by atoms with Crippen LogP contribution in [0, 0.1) is 19.7 Å². The monoisotopic (exact) mass is 297 g/mol. The molecule has 0 aliphatic carbocycles. The van der Waals surface area contributed by atoms with E-state index in [0.29, 0.717) is 17.8 Å². The van der Waals surface area contributed by atoms with Crippen molar-refractivity contribution in [2.75, 3.05) is 5.32 Å². The molecule has 0 aliphatic rings. The zero-order valence-electron chi connectivity index (χ0n) is 12.4. The fourth-order valence-electron chi connectivity index (χ4n) is 2.47. The van der Waals surface area contributed by atoms with Crippen molar-refractivity contribution in [1.29, 1.82) is 0 Å². The quantitative estimate of drug-likeness (QED) is 0.738. The molecule has 0 amide bonds. The Balaban J connectivity index is 2.02. The van der Waals surface area contributed by atoms with Crippen LogP contribution in [0.1, 0.15) is 16.7 Å². The van der Waals surface area contributed by atoms with Crippen LogP contribution in [0.15, 0.2) is 51.7 Å². The number of para-hydroxylation sites is 1. The van der Waals surface area contributed by atoms with Crippen molar-refractivity contribution < 1.29 is 8.81 Å². The Morgan fingerprint density at radius 2 is 1.91 bits per heavy atom. The molecule has 1 aromatic heterocycles. The van der Waals surface area contributed by atoms with E-state index in [1.54, 1.807) is 18.2 Å². The molecule has 112 valence electrons. The van der Waals surface area contributed by atoms with Crippen LogP contribution in [-0.4, -0.2) is 0 Å². The number of fused-ring (bicyclic) bond motifs is 1. The molecule has 0 saturated carbocycles. The minimum absolute atomic E-state index is 0.318. The molecule has 0 spiro atoms. The van der Waals surface area contributed by atoms with E-state index in [2.05, 4.69) is 5.32 Å². The topological polar surface area (TPSA) is 42.2 Å². The summed E-state index contributed by atoms with van der Waals surface area (Å²) in [5, 5.41) is 3.89. The number of rotatable bonds is 3. The van der Waals surface area contributed by atoms with Crippen molar-refractivity contribution in [3.05, 3.63) is 75.4 Å². The van der Waals surface area contributed by atoms with Crippen LogP contribution >= 0.6 is 0 Å². The first-order valence-electron chi connectivity index (χ1n) is 7.07. The first-order valence-corrected chi connectivity index (χ1v) is 7.07. The van der Waals surface area contributed by atoms with Crippen molar-refractivity contribution in [3.8, 4) is 0 Å². The van der Waals surface area contributed by atoms with E-state index in [4.69, 9.17) is 4.42 Å². The maximum Gasteiger partial charge on any atom is 0.336 e. The number of hydrogen-bond acceptors (Lipinski definition) is 3. The molecule has 0 aliphatic heterocycles. The van der Waals surface area contributed by atoms with Crippen molar-refractivity contribution in [2.24, 2.45) is 0 Å². The number of aryl methyl sites for hydroxylation is 2. The predicted molar refractivity (Wildman–Crippen MR) is 85.7 cm³/mol. The lowest BCUT2D eigenvalue weighted by molar-refractivity contribution is 0.556. The summed E-state index contributed by atoms with van der Waals surface area (Å²) in [6, 6.07) is 11.8. The fourth-order valence-corrected chi connectivity index (χ4v) is 2.47. The lowest BCUT2D eigenvalue weighted by Gasteiger charge is -2.11. The number of halogens is 1. The number of benzene rings is 2. The van der Waals surface area contributed by atoms with Gasteiger partial charge in [0.2, 0.25) is 0 Å². The van der Waals surface area contributed by atoms with Crippen LogP contribution in [0.25, 0.3) is 11.0 Å². The molecular formula is C18H16FNO2. The predicted octanol–water partition coefficient (Wildman–Crippen LogP) is 4.16. The third-order valence-corrected chi connectivity index (χ3v) is 3.86. The Hall–Kier alpha value is -2.62. The van der Waals surface area contributed by atoms with Crippen LogP contribution in [0.5, 0.6) is 0 Å². The normalized spacial score (nSPS) is 10.9. The van der Waals surface area contributed by atoms with Gasteiger partial charge < -0.3 is 9.73 Å². The van der Waals surface area contributed by atoms with E-state index < -0.39 is 5.63 Å². The summed E-state index contributed by atoms with van der Waals surface area (Å²) in [6.45, 7) is 4.25. The van der Waals surface area contributed by atoms with Gasteiger partial charge in [0.25, 0.3) is 0 Å². The summed E-state index contributed by atoms with van der Waals surface area (Å²) in [7, 11) is 0. The van der Waals surface area contributed by atoms with E-state index in [9.17, 15) is 9.18 Å². The van der Waals surface area contributed by atoms with Gasteiger partial charge in [0, 0.05) is 18.0 Å². The highest BCUT2D eigenvalue weighted by molar-refractivity contribution is 5.84. The van der Waals surface area contributed by atoms with Gasteiger partial charge in [-0.15, -0.1) is 0 Å². The molecule has 22 heavy (non-hydrogen) atoms. The van der Waals surface area contributed by atoms with Crippen LogP contribution < -0.4 is 10.9 Å². The summed E-state index contributed by atoms with van der Waals surface area (Å²) in [5.74, 6) is -0.318. The van der Waals surface area contributed by atoms with Crippen molar-refractivity contribution >= 4 is 16.7 Å². The van der Waals surface area contributed by atoms with Crippen molar-refractivity contribution in [1.82, 2.24) is 0 Å². The molecule has 1 heterocycles. The lowest BCUT2D eigenvalue weighted by atomic mass is 10.0. The van der Waals surface area contributed by atoms with Gasteiger partial charge in [0.1, 0.15) is 11.4 Å². The van der Waals surface area contributed by atoms with Gasteiger partial charge in [-0.3, -0.25) is 0 Å². The highest BCUT2D eigenvalue weighted by Crippen LogP contribution is 2.24. The van der Waals surface area contributed by atoms with Gasteiger partial charge >= 0.3 is 5.63 Å². The van der Waals surface area contributed by atoms with E-state index in [-0.39, 0.29) is 5.82 Å². The average Bonchev–Trinajstić information content (AvgIpc) is 2.50. The molecule has 0 saturated heterocycles. The van der Waals surface area contributed by atoms with E-state index >= 15 is 0 Å². The molecule has 2 aromatic carbocycles. The molecule has 3 aromatic rings. The largest absolute Gasteiger partial charge is 0.422 e. The fraction of sp³-hybridized carbons (Fsp3) is 0.167. The summed E-state index contributed by atoms with van der Waals surface area (Å²) in [6.07, 6.45) is 0. The molecule has 0 bridgehead atoms. The zero-order chi connectivity index (χ0) is 15.7. The highest BCUT2D eigenvalue weighted by Gasteiger charge is 2.10. The van der Waals surface area contributed by atoms with Crippen LogP contribution in [-0.2, 0) is 6.54 Å². The minimum Gasteiger partial charge on any atom is -0.422 e. The molecule has 4 heteroatoms. The van der Waals surface area contributed by atoms with Crippen LogP contribution in [0.3, 0.4) is 0 Å². The van der Waals surface area contributed by atoms with Gasteiger partial charge in [-0.05, 0) is 42.7 Å². The first kappa shape index (κ1) is 14.3. The smallest absolute Gasteiger partial charge is 0.336 e. The first-order chi connectivity index (χ1) is 10.6. The van der Waals surface area contributed by atoms with Gasteiger partial charge in [0.05, 0.1) is 5.69 Å². The standard InChI is InChI=1S/C18H16FNO2/c1-11-7-8-14-13(9-17(21)22-18(14)12(11)2)10-20-16-6-4-3-5-15(16)19/h3-9,20H,10H2,1-2H3. The number of hydrogen-bond donors (Lipinski definition) is 1. The molecular weight excluding hydrogens is 281 g/mol. The van der Waals surface area contributed by atoms with Gasteiger partial charge in [-0.25, -0.2) is 9.18 Å². The second-order valence-corrected chi connectivity index (χ2v) is 5.31. The van der Waals surface area contributed by atoms with Gasteiger partial charge in [0.15, 0.2) is 0 Å². The summed E-state index contributed by atoms with van der Waals surface area (Å²) in [5.41, 5.74) is 3.41. The SMILES string of the molecule is Cc1ccc2c(CNc3ccccc3F)cc(=O)oc2c1C. The van der Waals surface area contributed by atoms with Gasteiger partial charge in [-0.1, -0.05) is 24.3 Å². The lowest BCUT2D eigenvalue weighted by Crippen LogP contribution is -2.07. The van der Waals surface area contributed by atoms with Crippen molar-refractivity contribution in [2.45, 2.75) is 20.4 Å². The zero-order valence-corrected chi connectivity index (χ0v) is 12.4. The summed E-state index contributed by atoms with van der Waals surface area (Å²) < 4.78 is 19.0. The number of anilines is 1. The summed E-state index contributed by atoms with van der Waals surface area (Å²) in [4.78, 5) is 11.8. The molecule has 3 rings (SSSR count). The molecule has 0 atom stereocenters. The Morgan fingerprint density at radius 1 is 1.14 bits per heavy atom. The molecule has 1 N–H and O–H groups in total. The van der Waals surface area contributed by atoms with E-state index in [0.717, 1.165) is 22.1 Å². The second-order valence-electron chi connectivity index (χ2n) is 5.31. The van der Waals surface area contributed by atoms with Crippen LogP contribution in [0.2, 0.25) is 0 Å². The Morgan fingerprint density at radius 3 is 2.68 bits per heavy atom. The van der Waals surface area contributed by atoms with Crippen LogP contribution in [0.4, 0.5) is 10.1 Å². The van der Waals surface area contributed by atoms with Gasteiger partial charge in [-0.2, -0.15) is 0 Å². The Labute approximate surface area is 127 Å². The molecule has 0 radical (unpaired) electrons. The molecule has 3 nitrogen and oxygen atoms in total. The Bertz CT molecular complexity index is 899. The van der Waals surface area contributed by atoms with Crippen molar-refractivity contribution in [3.63, 3.8) is 0 Å².